The van der Waals surface area contributed by atoms with Crippen molar-refractivity contribution in [1.29, 1.82) is 0 Å². The van der Waals surface area contributed by atoms with Crippen LogP contribution in [0.3, 0.4) is 0 Å². The Morgan fingerprint density at radius 2 is 2.12 bits per heavy atom. The van der Waals surface area contributed by atoms with Gasteiger partial charge in [0.05, 0.1) is 17.1 Å². The van der Waals surface area contributed by atoms with Gasteiger partial charge in [0.15, 0.2) is 0 Å². The number of anilines is 1. The molecular formula is C18H20N4O3. The van der Waals surface area contributed by atoms with Crippen LogP contribution in [0.25, 0.3) is 10.9 Å². The summed E-state index contributed by atoms with van der Waals surface area (Å²) in [6, 6.07) is 6.07. The number of carbonyl (C=O) groups is 3. The molecular weight excluding hydrogens is 320 g/mol. The number of aldehydes is 1. The number of aryl methyl sites for hydroxylation is 1. The van der Waals surface area contributed by atoms with E-state index in [1.165, 1.54) is 0 Å². The first-order chi connectivity index (χ1) is 12.1. The first kappa shape index (κ1) is 15.8. The van der Waals surface area contributed by atoms with Crippen LogP contribution in [0.4, 0.5) is 5.69 Å². The average molecular weight is 340 g/mol. The van der Waals surface area contributed by atoms with Crippen LogP contribution in [0.5, 0.6) is 0 Å². The number of hydrogen-bond donors (Lipinski definition) is 1. The minimum Gasteiger partial charge on any atom is -0.371 e. The van der Waals surface area contributed by atoms with Crippen molar-refractivity contribution in [3.8, 4) is 0 Å². The molecule has 7 heteroatoms. The molecule has 25 heavy (non-hydrogen) atoms. The van der Waals surface area contributed by atoms with Gasteiger partial charge in [-0.2, -0.15) is 5.10 Å². The van der Waals surface area contributed by atoms with E-state index in [-0.39, 0.29) is 17.7 Å². The zero-order chi connectivity index (χ0) is 17.6. The van der Waals surface area contributed by atoms with Crippen molar-refractivity contribution in [1.82, 2.24) is 15.1 Å². The van der Waals surface area contributed by atoms with Crippen LogP contribution in [-0.4, -0.2) is 41.0 Å². The maximum absolute atomic E-state index is 12.2. The SMILES string of the molecule is Cn1nc(C2CCC(=O)NC2=O)c2ccc(N3CCC(C=O)C3)cc21. The Balaban J connectivity index is 1.68. The number of nitrogens with one attached hydrogen (secondary N) is 1. The fraction of sp³-hybridized carbons (Fsp3) is 0.444. The monoisotopic (exact) mass is 340 g/mol. The van der Waals surface area contributed by atoms with E-state index in [0.29, 0.717) is 12.8 Å². The molecule has 0 spiro atoms. The van der Waals surface area contributed by atoms with Gasteiger partial charge < -0.3 is 9.69 Å². The molecule has 2 aliphatic heterocycles. The predicted octanol–water partition coefficient (Wildman–Crippen LogP) is 1.12. The van der Waals surface area contributed by atoms with Crippen LogP contribution in [0.15, 0.2) is 18.2 Å². The fourth-order valence-corrected chi connectivity index (χ4v) is 3.82. The Hall–Kier alpha value is -2.70. The first-order valence-electron chi connectivity index (χ1n) is 8.57. The van der Waals surface area contributed by atoms with Gasteiger partial charge in [-0.15, -0.1) is 0 Å². The zero-order valence-electron chi connectivity index (χ0n) is 14.1. The molecule has 2 aliphatic rings. The second-order valence-electron chi connectivity index (χ2n) is 6.84. The standard InChI is InChI=1S/C18H20N4O3/c1-21-15-8-12(22-7-6-11(9-22)10-23)2-3-13(15)17(20-21)14-4-5-16(24)19-18(14)25/h2-3,8,10-11,14H,4-7,9H2,1H3,(H,19,24,25). The molecule has 1 N–H and O–H groups in total. The quantitative estimate of drug-likeness (QED) is 0.669. The number of piperidine rings is 1. The second-order valence-corrected chi connectivity index (χ2v) is 6.84. The highest BCUT2D eigenvalue weighted by atomic mass is 16.2. The summed E-state index contributed by atoms with van der Waals surface area (Å²) in [5, 5.41) is 7.90. The average Bonchev–Trinajstić information content (AvgIpc) is 3.20. The number of aromatic nitrogens is 2. The van der Waals surface area contributed by atoms with E-state index in [9.17, 15) is 14.4 Å². The van der Waals surface area contributed by atoms with E-state index < -0.39 is 5.92 Å². The van der Waals surface area contributed by atoms with Crippen molar-refractivity contribution in [2.24, 2.45) is 13.0 Å². The summed E-state index contributed by atoms with van der Waals surface area (Å²) in [6.07, 6.45) is 2.75. The number of hydrogen-bond acceptors (Lipinski definition) is 5. The molecule has 2 saturated heterocycles. The van der Waals surface area contributed by atoms with Crippen molar-refractivity contribution in [2.45, 2.75) is 25.2 Å². The summed E-state index contributed by atoms with van der Waals surface area (Å²) in [5.74, 6) is -0.782. The highest BCUT2D eigenvalue weighted by Crippen LogP contribution is 2.33. The van der Waals surface area contributed by atoms with Gasteiger partial charge in [-0.25, -0.2) is 0 Å². The summed E-state index contributed by atoms with van der Waals surface area (Å²) in [7, 11) is 1.86. The largest absolute Gasteiger partial charge is 0.371 e. The van der Waals surface area contributed by atoms with E-state index in [1.807, 2.05) is 19.2 Å². The van der Waals surface area contributed by atoms with E-state index in [4.69, 9.17) is 0 Å². The third-order valence-corrected chi connectivity index (χ3v) is 5.22. The molecule has 1 aromatic carbocycles. The predicted molar refractivity (Wildman–Crippen MR) is 92.2 cm³/mol. The molecule has 0 bridgehead atoms. The highest BCUT2D eigenvalue weighted by Gasteiger charge is 2.32. The van der Waals surface area contributed by atoms with Gasteiger partial charge in [-0.3, -0.25) is 19.6 Å². The molecule has 0 saturated carbocycles. The Morgan fingerprint density at radius 3 is 2.84 bits per heavy atom. The minimum absolute atomic E-state index is 0.0984. The van der Waals surface area contributed by atoms with Gasteiger partial charge in [-0.05, 0) is 31.0 Å². The van der Waals surface area contributed by atoms with Crippen LogP contribution in [0, 0.1) is 5.92 Å². The molecule has 2 amide bonds. The Morgan fingerprint density at radius 1 is 1.28 bits per heavy atom. The summed E-state index contributed by atoms with van der Waals surface area (Å²) in [5.41, 5.74) is 2.74. The Labute approximate surface area is 145 Å². The molecule has 3 heterocycles. The summed E-state index contributed by atoms with van der Waals surface area (Å²) >= 11 is 0. The maximum atomic E-state index is 12.2. The molecule has 2 atom stereocenters. The fourth-order valence-electron chi connectivity index (χ4n) is 3.82. The van der Waals surface area contributed by atoms with Gasteiger partial charge in [0.1, 0.15) is 6.29 Å². The van der Waals surface area contributed by atoms with E-state index in [0.717, 1.165) is 48.1 Å². The lowest BCUT2D eigenvalue weighted by Gasteiger charge is -2.20. The molecule has 130 valence electrons. The lowest BCUT2D eigenvalue weighted by atomic mass is 9.93. The number of rotatable bonds is 3. The van der Waals surface area contributed by atoms with Crippen LogP contribution in [0.1, 0.15) is 30.9 Å². The summed E-state index contributed by atoms with van der Waals surface area (Å²) in [6.45, 7) is 1.61. The molecule has 0 aliphatic carbocycles. The normalized spacial score (nSPS) is 24.0. The molecule has 7 nitrogen and oxygen atoms in total. The molecule has 1 aromatic heterocycles. The van der Waals surface area contributed by atoms with Gasteiger partial charge >= 0.3 is 0 Å². The zero-order valence-corrected chi connectivity index (χ0v) is 14.1. The molecule has 2 fully saturated rings. The number of amides is 2. The molecule has 2 aromatic rings. The van der Waals surface area contributed by atoms with E-state index in [2.05, 4.69) is 21.4 Å². The molecule has 0 radical (unpaired) electrons. The smallest absolute Gasteiger partial charge is 0.235 e. The summed E-state index contributed by atoms with van der Waals surface area (Å²) < 4.78 is 1.78. The maximum Gasteiger partial charge on any atom is 0.235 e. The van der Waals surface area contributed by atoms with Gasteiger partial charge in [0, 0.05) is 43.5 Å². The van der Waals surface area contributed by atoms with Crippen molar-refractivity contribution >= 4 is 34.7 Å². The number of carbonyl (C=O) groups excluding carboxylic acids is 3. The third kappa shape index (κ3) is 2.69. The van der Waals surface area contributed by atoms with E-state index in [1.54, 1.807) is 4.68 Å². The van der Waals surface area contributed by atoms with Crippen LogP contribution < -0.4 is 10.2 Å². The summed E-state index contributed by atoms with van der Waals surface area (Å²) in [4.78, 5) is 36.7. The Kier molecular flexibility index (Phi) is 3.78. The van der Waals surface area contributed by atoms with Crippen LogP contribution in [0.2, 0.25) is 0 Å². The van der Waals surface area contributed by atoms with Crippen LogP contribution >= 0.6 is 0 Å². The lowest BCUT2D eigenvalue weighted by molar-refractivity contribution is -0.134. The number of fused-ring (bicyclic) bond motifs is 1. The van der Waals surface area contributed by atoms with Gasteiger partial charge in [0.2, 0.25) is 11.8 Å². The van der Waals surface area contributed by atoms with Gasteiger partial charge in [-0.1, -0.05) is 0 Å². The third-order valence-electron chi connectivity index (χ3n) is 5.22. The van der Waals surface area contributed by atoms with E-state index >= 15 is 0 Å². The van der Waals surface area contributed by atoms with Gasteiger partial charge in [0.25, 0.3) is 0 Å². The first-order valence-corrected chi connectivity index (χ1v) is 8.57. The second kappa shape index (κ2) is 5.98. The lowest BCUT2D eigenvalue weighted by Crippen LogP contribution is -2.39. The Bertz CT molecular complexity index is 873. The van der Waals surface area contributed by atoms with Crippen molar-refractivity contribution in [3.63, 3.8) is 0 Å². The molecule has 2 unspecified atom stereocenters. The number of imide groups is 1. The minimum atomic E-state index is -0.390. The van der Waals surface area contributed by atoms with Crippen molar-refractivity contribution in [2.75, 3.05) is 18.0 Å². The van der Waals surface area contributed by atoms with Crippen LogP contribution in [-0.2, 0) is 21.4 Å². The van der Waals surface area contributed by atoms with Crippen molar-refractivity contribution < 1.29 is 14.4 Å². The topological polar surface area (TPSA) is 84.3 Å². The molecule has 4 rings (SSSR count). The number of nitrogens with zero attached hydrogens (tertiary/aromatic N) is 3. The highest BCUT2D eigenvalue weighted by molar-refractivity contribution is 6.02. The number of benzene rings is 1. The van der Waals surface area contributed by atoms with Crippen molar-refractivity contribution in [3.05, 3.63) is 23.9 Å².